The number of rotatable bonds is 5. The van der Waals surface area contributed by atoms with Gasteiger partial charge in [-0.15, -0.1) is 0 Å². The molecule has 8 heteroatoms. The molecular weight excluding hydrogens is 348 g/mol. The molecule has 2 aliphatic rings. The van der Waals surface area contributed by atoms with Crippen molar-refractivity contribution < 1.29 is 19.1 Å². The molecule has 0 atom stereocenters. The van der Waals surface area contributed by atoms with Gasteiger partial charge in [-0.05, 0) is 43.0 Å². The molecule has 2 aliphatic heterocycles. The maximum Gasteiger partial charge on any atom is 0.368 e. The van der Waals surface area contributed by atoms with Gasteiger partial charge in [-0.3, -0.25) is 4.79 Å². The van der Waals surface area contributed by atoms with Gasteiger partial charge in [0, 0.05) is 31.2 Å². The molecule has 3 heterocycles. The van der Waals surface area contributed by atoms with Gasteiger partial charge in [-0.2, -0.15) is 9.98 Å². The molecule has 0 aliphatic carbocycles. The number of carbonyl (C=O) groups is 2. The van der Waals surface area contributed by atoms with E-state index in [2.05, 4.69) is 20.3 Å². The highest BCUT2D eigenvalue weighted by Gasteiger charge is 2.15. The minimum atomic E-state index is -0.533. The lowest BCUT2D eigenvalue weighted by atomic mass is 10.0. The predicted molar refractivity (Wildman–Crippen MR) is 95.4 cm³/mol. The molecule has 0 bridgehead atoms. The number of pyridine rings is 1. The zero-order valence-corrected chi connectivity index (χ0v) is 14.6. The first-order chi connectivity index (χ1) is 13.2. The second-order valence-corrected chi connectivity index (χ2v) is 6.42. The number of hydrogen-bond donors (Lipinski definition) is 1. The average Bonchev–Trinajstić information content (AvgIpc) is 3.07. The molecule has 1 N–H and O–H groups in total. The summed E-state index contributed by atoms with van der Waals surface area (Å²) < 4.78 is 11.0. The van der Waals surface area contributed by atoms with Crippen LogP contribution in [0.15, 0.2) is 46.5 Å². The largest absolute Gasteiger partial charge is 0.477 e. The molecule has 1 aromatic heterocycles. The number of carbonyl (C=O) groups excluding carboxylic acids is 2. The fraction of sp³-hybridized carbons (Fsp3) is 0.316. The first-order valence-electron chi connectivity index (χ1n) is 8.77. The number of benzene rings is 1. The van der Waals surface area contributed by atoms with Gasteiger partial charge in [-0.25, -0.2) is 9.78 Å². The Balaban J connectivity index is 1.37. The molecule has 4 rings (SSSR count). The molecule has 27 heavy (non-hydrogen) atoms. The van der Waals surface area contributed by atoms with Gasteiger partial charge in [-0.1, -0.05) is 0 Å². The molecule has 0 unspecified atom stereocenters. The SMILES string of the molecule is O=C1N=c2ccc(NC(=O)c3ccc(OCC4CCOCC4)nc3)cc2=N1. The van der Waals surface area contributed by atoms with Gasteiger partial charge < -0.3 is 14.8 Å². The lowest BCUT2D eigenvalue weighted by molar-refractivity contribution is 0.0490. The second kappa shape index (κ2) is 7.63. The highest BCUT2D eigenvalue weighted by Crippen LogP contribution is 2.17. The summed E-state index contributed by atoms with van der Waals surface area (Å²) in [5.74, 6) is 0.668. The van der Waals surface area contributed by atoms with Gasteiger partial charge in [0.15, 0.2) is 0 Å². The lowest BCUT2D eigenvalue weighted by Crippen LogP contribution is -2.23. The van der Waals surface area contributed by atoms with Gasteiger partial charge in [0.2, 0.25) is 5.88 Å². The number of hydrogen-bond acceptors (Lipinski definition) is 5. The van der Waals surface area contributed by atoms with Gasteiger partial charge in [0.25, 0.3) is 5.91 Å². The normalized spacial score (nSPS) is 16.2. The number of nitrogens with one attached hydrogen (secondary N) is 1. The summed E-state index contributed by atoms with van der Waals surface area (Å²) in [6.07, 6.45) is 3.46. The summed E-state index contributed by atoms with van der Waals surface area (Å²) in [6, 6.07) is 7.74. The summed E-state index contributed by atoms with van der Waals surface area (Å²) in [5, 5.41) is 3.72. The quantitative estimate of drug-likeness (QED) is 0.864. The van der Waals surface area contributed by atoms with Crippen molar-refractivity contribution in [2.24, 2.45) is 15.9 Å². The number of ether oxygens (including phenoxy) is 2. The number of nitrogens with zero attached hydrogens (tertiary/aromatic N) is 3. The summed E-state index contributed by atoms with van der Waals surface area (Å²) in [5.41, 5.74) is 0.943. The summed E-state index contributed by atoms with van der Waals surface area (Å²) in [7, 11) is 0. The molecule has 0 spiro atoms. The molecule has 2 aromatic rings. The molecule has 0 radical (unpaired) electrons. The van der Waals surface area contributed by atoms with E-state index in [-0.39, 0.29) is 5.91 Å². The third-order valence-electron chi connectivity index (χ3n) is 4.47. The maximum atomic E-state index is 12.4. The van der Waals surface area contributed by atoms with E-state index in [1.165, 1.54) is 6.20 Å². The minimum Gasteiger partial charge on any atom is -0.477 e. The fourth-order valence-corrected chi connectivity index (χ4v) is 2.94. The van der Waals surface area contributed by atoms with Crippen molar-refractivity contribution in [2.75, 3.05) is 25.1 Å². The van der Waals surface area contributed by atoms with Crippen LogP contribution < -0.4 is 20.8 Å². The van der Waals surface area contributed by atoms with Crippen molar-refractivity contribution in [1.29, 1.82) is 0 Å². The van der Waals surface area contributed by atoms with Crippen molar-refractivity contribution in [3.8, 4) is 5.88 Å². The number of urea groups is 1. The van der Waals surface area contributed by atoms with Gasteiger partial charge in [0.05, 0.1) is 22.9 Å². The lowest BCUT2D eigenvalue weighted by Gasteiger charge is -2.21. The van der Waals surface area contributed by atoms with Crippen LogP contribution in [0, 0.1) is 5.92 Å². The smallest absolute Gasteiger partial charge is 0.368 e. The Hall–Kier alpha value is -3.13. The van der Waals surface area contributed by atoms with Crippen LogP contribution >= 0.6 is 0 Å². The van der Waals surface area contributed by atoms with Crippen molar-refractivity contribution in [1.82, 2.24) is 4.98 Å². The summed E-state index contributed by atoms with van der Waals surface area (Å²) >= 11 is 0. The second-order valence-electron chi connectivity index (χ2n) is 6.42. The summed E-state index contributed by atoms with van der Waals surface area (Å²) in [4.78, 5) is 35.3. The van der Waals surface area contributed by atoms with Crippen LogP contribution in [0.1, 0.15) is 23.2 Å². The van der Waals surface area contributed by atoms with E-state index in [9.17, 15) is 9.59 Å². The Morgan fingerprint density at radius 1 is 1.15 bits per heavy atom. The Kier molecular flexibility index (Phi) is 4.88. The molecule has 1 aromatic carbocycles. The Morgan fingerprint density at radius 2 is 1.96 bits per heavy atom. The molecule has 3 amide bonds. The third kappa shape index (κ3) is 4.17. The van der Waals surface area contributed by atoms with Crippen molar-refractivity contribution >= 4 is 17.6 Å². The van der Waals surface area contributed by atoms with Crippen molar-refractivity contribution in [2.45, 2.75) is 12.8 Å². The molecule has 1 fully saturated rings. The molecule has 138 valence electrons. The minimum absolute atomic E-state index is 0.306. The maximum absolute atomic E-state index is 12.4. The highest BCUT2D eigenvalue weighted by molar-refractivity contribution is 6.04. The van der Waals surface area contributed by atoms with Crippen LogP contribution in [0.4, 0.5) is 10.5 Å². The topological polar surface area (TPSA) is 102 Å². The zero-order chi connectivity index (χ0) is 18.6. The van der Waals surface area contributed by atoms with Crippen LogP contribution in [-0.2, 0) is 4.74 Å². The van der Waals surface area contributed by atoms with Crippen LogP contribution in [0.2, 0.25) is 0 Å². The van der Waals surface area contributed by atoms with Gasteiger partial charge in [0.1, 0.15) is 0 Å². The van der Waals surface area contributed by atoms with Crippen LogP contribution in [-0.4, -0.2) is 36.7 Å². The van der Waals surface area contributed by atoms with Crippen LogP contribution in [0.5, 0.6) is 5.88 Å². The first kappa shape index (κ1) is 17.3. The number of fused-ring (bicyclic) bond motifs is 1. The standard InChI is InChI=1S/C19H18N4O4/c24-18(21-14-2-3-15-16(9-14)23-19(25)22-15)13-1-4-17(20-10-13)27-11-12-5-7-26-8-6-12/h1-4,9-10,12H,5-8,11H2,(H,21,24). The number of anilines is 1. The van der Waals surface area contributed by atoms with Crippen molar-refractivity contribution in [3.63, 3.8) is 0 Å². The highest BCUT2D eigenvalue weighted by atomic mass is 16.5. The van der Waals surface area contributed by atoms with E-state index in [0.717, 1.165) is 26.1 Å². The van der Waals surface area contributed by atoms with Crippen molar-refractivity contribution in [3.05, 3.63) is 52.8 Å². The van der Waals surface area contributed by atoms with E-state index in [1.807, 2.05) is 0 Å². The molecule has 0 saturated carbocycles. The molecule has 8 nitrogen and oxygen atoms in total. The fourth-order valence-electron chi connectivity index (χ4n) is 2.94. The van der Waals surface area contributed by atoms with E-state index in [1.54, 1.807) is 30.3 Å². The monoisotopic (exact) mass is 366 g/mol. The van der Waals surface area contributed by atoms with E-state index >= 15 is 0 Å². The number of amides is 3. The number of aromatic nitrogens is 1. The Morgan fingerprint density at radius 3 is 2.74 bits per heavy atom. The average molecular weight is 366 g/mol. The molecule has 1 saturated heterocycles. The molecular formula is C19H18N4O4. The Labute approximate surface area is 155 Å². The van der Waals surface area contributed by atoms with Crippen LogP contribution in [0.25, 0.3) is 0 Å². The van der Waals surface area contributed by atoms with Gasteiger partial charge >= 0.3 is 6.03 Å². The first-order valence-corrected chi connectivity index (χ1v) is 8.77. The predicted octanol–water partition coefficient (Wildman–Crippen LogP) is 1.51. The summed E-state index contributed by atoms with van der Waals surface area (Å²) in [6.45, 7) is 2.15. The van der Waals surface area contributed by atoms with E-state index < -0.39 is 6.03 Å². The Bertz CT molecular complexity index is 982. The third-order valence-corrected chi connectivity index (χ3v) is 4.47. The van der Waals surface area contributed by atoms with Crippen LogP contribution in [0.3, 0.4) is 0 Å². The zero-order valence-electron chi connectivity index (χ0n) is 14.6. The van der Waals surface area contributed by atoms with E-state index in [0.29, 0.717) is 40.4 Å². The van der Waals surface area contributed by atoms with E-state index in [4.69, 9.17) is 9.47 Å².